The summed E-state index contributed by atoms with van der Waals surface area (Å²) in [6, 6.07) is 8.24. The predicted molar refractivity (Wildman–Crippen MR) is 78.1 cm³/mol. The molecular formula is C12H9BrClN3O2. The van der Waals surface area contributed by atoms with Gasteiger partial charge in [-0.25, -0.2) is 4.98 Å². The summed E-state index contributed by atoms with van der Waals surface area (Å²) in [7, 11) is 0. The lowest BCUT2D eigenvalue weighted by Gasteiger charge is -2.10. The van der Waals surface area contributed by atoms with Gasteiger partial charge in [0.2, 0.25) is 5.82 Å². The topological polar surface area (TPSA) is 68.1 Å². The van der Waals surface area contributed by atoms with E-state index in [4.69, 9.17) is 11.6 Å². The van der Waals surface area contributed by atoms with Crippen LogP contribution in [0, 0.1) is 17.0 Å². The quantitative estimate of drug-likeness (QED) is 0.508. The van der Waals surface area contributed by atoms with Crippen LogP contribution in [-0.2, 0) is 0 Å². The normalized spacial score (nSPS) is 10.3. The van der Waals surface area contributed by atoms with Crippen molar-refractivity contribution in [3.63, 3.8) is 0 Å². The van der Waals surface area contributed by atoms with Crippen LogP contribution in [0.2, 0.25) is 5.15 Å². The first-order valence-electron chi connectivity index (χ1n) is 5.32. The monoisotopic (exact) mass is 341 g/mol. The van der Waals surface area contributed by atoms with Gasteiger partial charge in [0.1, 0.15) is 5.15 Å². The molecule has 19 heavy (non-hydrogen) atoms. The molecule has 0 aliphatic rings. The molecule has 0 spiro atoms. The third kappa shape index (κ3) is 3.02. The van der Waals surface area contributed by atoms with Gasteiger partial charge in [0, 0.05) is 16.2 Å². The number of rotatable bonds is 3. The molecule has 7 heteroatoms. The van der Waals surface area contributed by atoms with Crippen LogP contribution in [-0.4, -0.2) is 9.91 Å². The molecule has 0 bridgehead atoms. The minimum absolute atomic E-state index is 0.122. The van der Waals surface area contributed by atoms with Gasteiger partial charge in [-0.05, 0) is 30.7 Å². The Kier molecular flexibility index (Phi) is 4.01. The molecule has 0 aliphatic heterocycles. The molecule has 2 rings (SSSR count). The molecule has 1 N–H and O–H groups in total. The lowest BCUT2D eigenvalue weighted by molar-refractivity contribution is -0.384. The maximum Gasteiger partial charge on any atom is 0.311 e. The number of nitrogens with zero attached hydrogens (tertiary/aromatic N) is 2. The average Bonchev–Trinajstić information content (AvgIpc) is 2.35. The van der Waals surface area contributed by atoms with Crippen molar-refractivity contribution in [2.75, 3.05) is 5.32 Å². The van der Waals surface area contributed by atoms with Crippen LogP contribution in [0.25, 0.3) is 0 Å². The van der Waals surface area contributed by atoms with Crippen molar-refractivity contribution in [3.05, 3.63) is 55.6 Å². The van der Waals surface area contributed by atoms with Crippen LogP contribution < -0.4 is 5.32 Å². The van der Waals surface area contributed by atoms with Gasteiger partial charge in [0.25, 0.3) is 0 Å². The zero-order valence-electron chi connectivity index (χ0n) is 9.85. The maximum atomic E-state index is 10.9. The Bertz CT molecular complexity index is 649. The summed E-state index contributed by atoms with van der Waals surface area (Å²) in [5.74, 6) is 0.124. The van der Waals surface area contributed by atoms with Crippen LogP contribution >= 0.6 is 27.5 Å². The Morgan fingerprint density at radius 2 is 2.11 bits per heavy atom. The van der Waals surface area contributed by atoms with Crippen LogP contribution in [0.5, 0.6) is 0 Å². The molecule has 0 unspecified atom stereocenters. The van der Waals surface area contributed by atoms with E-state index in [1.165, 1.54) is 12.1 Å². The summed E-state index contributed by atoms with van der Waals surface area (Å²) >= 11 is 9.18. The first kappa shape index (κ1) is 13.8. The highest BCUT2D eigenvalue weighted by Crippen LogP contribution is 2.30. The molecule has 1 heterocycles. The zero-order valence-corrected chi connectivity index (χ0v) is 12.2. The molecule has 0 saturated heterocycles. The molecule has 1 aromatic carbocycles. The fourth-order valence-electron chi connectivity index (χ4n) is 1.54. The Morgan fingerprint density at radius 3 is 2.79 bits per heavy atom. The number of hydrogen-bond donors (Lipinski definition) is 1. The molecule has 98 valence electrons. The number of aromatic nitrogens is 1. The fourth-order valence-corrected chi connectivity index (χ4v) is 2.05. The summed E-state index contributed by atoms with van der Waals surface area (Å²) in [4.78, 5) is 14.4. The number of nitro groups is 1. The Hall–Kier alpha value is -1.66. The highest BCUT2D eigenvalue weighted by atomic mass is 79.9. The van der Waals surface area contributed by atoms with E-state index in [9.17, 15) is 10.1 Å². The third-order valence-corrected chi connectivity index (χ3v) is 3.63. The molecule has 0 atom stereocenters. The number of anilines is 2. The summed E-state index contributed by atoms with van der Waals surface area (Å²) in [6.45, 7) is 1.89. The SMILES string of the molecule is Cc1c(Br)cccc1Nc1nc(Cl)ccc1[N+](=O)[O-]. The minimum atomic E-state index is -0.501. The Labute approximate surface area is 122 Å². The molecule has 0 radical (unpaired) electrons. The molecule has 0 amide bonds. The van der Waals surface area contributed by atoms with Gasteiger partial charge < -0.3 is 5.32 Å². The van der Waals surface area contributed by atoms with Gasteiger partial charge in [-0.1, -0.05) is 33.6 Å². The smallest absolute Gasteiger partial charge is 0.311 e. The van der Waals surface area contributed by atoms with Crippen LogP contribution in [0.1, 0.15) is 5.56 Å². The van der Waals surface area contributed by atoms with Crippen molar-refractivity contribution in [2.45, 2.75) is 6.92 Å². The van der Waals surface area contributed by atoms with Crippen molar-refractivity contribution in [1.29, 1.82) is 0 Å². The van der Waals surface area contributed by atoms with Crippen molar-refractivity contribution in [1.82, 2.24) is 4.98 Å². The van der Waals surface area contributed by atoms with E-state index in [0.29, 0.717) is 0 Å². The second-order valence-electron chi connectivity index (χ2n) is 3.80. The largest absolute Gasteiger partial charge is 0.334 e. The number of hydrogen-bond acceptors (Lipinski definition) is 4. The van der Waals surface area contributed by atoms with Gasteiger partial charge in [-0.15, -0.1) is 0 Å². The van der Waals surface area contributed by atoms with Gasteiger partial charge >= 0.3 is 5.69 Å². The van der Waals surface area contributed by atoms with E-state index in [1.54, 1.807) is 0 Å². The minimum Gasteiger partial charge on any atom is -0.334 e. The van der Waals surface area contributed by atoms with Crippen LogP contribution in [0.15, 0.2) is 34.8 Å². The second-order valence-corrected chi connectivity index (χ2v) is 5.04. The first-order chi connectivity index (χ1) is 8.99. The van der Waals surface area contributed by atoms with E-state index in [2.05, 4.69) is 26.2 Å². The summed E-state index contributed by atoms with van der Waals surface area (Å²) in [6.07, 6.45) is 0. The maximum absolute atomic E-state index is 10.9. The highest BCUT2D eigenvalue weighted by Gasteiger charge is 2.16. The van der Waals surface area contributed by atoms with E-state index in [-0.39, 0.29) is 16.7 Å². The molecule has 5 nitrogen and oxygen atoms in total. The Morgan fingerprint density at radius 1 is 1.37 bits per heavy atom. The predicted octanol–water partition coefficient (Wildman–Crippen LogP) is 4.46. The lowest BCUT2D eigenvalue weighted by Crippen LogP contribution is -2.01. The third-order valence-electron chi connectivity index (χ3n) is 2.56. The molecule has 0 aliphatic carbocycles. The fraction of sp³-hybridized carbons (Fsp3) is 0.0833. The van der Waals surface area contributed by atoms with Crippen molar-refractivity contribution >= 4 is 44.7 Å². The number of halogens is 2. The lowest BCUT2D eigenvalue weighted by atomic mass is 10.2. The average molecular weight is 343 g/mol. The summed E-state index contributed by atoms with van der Waals surface area (Å²) in [5.41, 5.74) is 1.54. The van der Waals surface area contributed by atoms with Gasteiger partial charge in [-0.2, -0.15) is 0 Å². The number of nitrogens with one attached hydrogen (secondary N) is 1. The first-order valence-corrected chi connectivity index (χ1v) is 6.49. The zero-order chi connectivity index (χ0) is 14.0. The number of pyridine rings is 1. The second kappa shape index (κ2) is 5.54. The highest BCUT2D eigenvalue weighted by molar-refractivity contribution is 9.10. The molecule has 2 aromatic rings. The summed E-state index contributed by atoms with van der Waals surface area (Å²) in [5, 5.41) is 14.1. The molecule has 0 fully saturated rings. The van der Waals surface area contributed by atoms with Crippen LogP contribution in [0.3, 0.4) is 0 Å². The van der Waals surface area contributed by atoms with Crippen molar-refractivity contribution in [3.8, 4) is 0 Å². The van der Waals surface area contributed by atoms with Gasteiger partial charge in [0.15, 0.2) is 0 Å². The van der Waals surface area contributed by atoms with Gasteiger partial charge in [-0.3, -0.25) is 10.1 Å². The number of benzene rings is 1. The van der Waals surface area contributed by atoms with E-state index >= 15 is 0 Å². The molecule has 1 aromatic heterocycles. The van der Waals surface area contributed by atoms with Gasteiger partial charge in [0.05, 0.1) is 4.92 Å². The van der Waals surface area contributed by atoms with E-state index in [0.717, 1.165) is 15.7 Å². The van der Waals surface area contributed by atoms with Crippen LogP contribution in [0.4, 0.5) is 17.2 Å². The van der Waals surface area contributed by atoms with E-state index < -0.39 is 4.92 Å². The van der Waals surface area contributed by atoms with Crippen molar-refractivity contribution in [2.24, 2.45) is 0 Å². The Balaban J connectivity index is 2.45. The summed E-state index contributed by atoms with van der Waals surface area (Å²) < 4.78 is 0.905. The molecular weight excluding hydrogens is 334 g/mol. The van der Waals surface area contributed by atoms with E-state index in [1.807, 2.05) is 25.1 Å². The standard InChI is InChI=1S/C12H9BrClN3O2/c1-7-8(13)3-2-4-9(7)15-12-10(17(18)19)5-6-11(14)16-12/h2-6H,1H3,(H,15,16). The molecule has 0 saturated carbocycles. The van der Waals surface area contributed by atoms with Crippen molar-refractivity contribution < 1.29 is 4.92 Å².